The molecule has 1 rings (SSSR count). The number of hydrogen-bond acceptors (Lipinski definition) is 3. The van der Waals surface area contributed by atoms with Crippen molar-refractivity contribution in [1.82, 2.24) is 10.6 Å². The maximum Gasteiger partial charge on any atom is 0.191 e. The van der Waals surface area contributed by atoms with E-state index in [2.05, 4.69) is 29.5 Å². The molecule has 0 bridgehead atoms. The van der Waals surface area contributed by atoms with E-state index in [-0.39, 0.29) is 36.4 Å². The van der Waals surface area contributed by atoms with Crippen molar-refractivity contribution in [3.63, 3.8) is 0 Å². The number of aliphatic imine (C=N–C) groups is 1. The number of nitrogens with one attached hydrogen (secondary N) is 2. The van der Waals surface area contributed by atoms with Crippen molar-refractivity contribution < 1.29 is 14.2 Å². The van der Waals surface area contributed by atoms with Crippen LogP contribution in [0.15, 0.2) is 29.3 Å². The average molecular weight is 467 g/mol. The first-order valence-corrected chi connectivity index (χ1v) is 8.67. The van der Waals surface area contributed by atoms with Crippen LogP contribution in [0.4, 0.5) is 4.39 Å². The first kappa shape index (κ1) is 23.9. The van der Waals surface area contributed by atoms with Crippen LogP contribution in [0.25, 0.3) is 0 Å². The third-order valence-corrected chi connectivity index (χ3v) is 3.77. The van der Waals surface area contributed by atoms with E-state index in [1.807, 2.05) is 6.92 Å². The largest absolute Gasteiger partial charge is 0.491 e. The number of benzene rings is 1. The molecule has 0 saturated heterocycles. The molecule has 25 heavy (non-hydrogen) atoms. The second-order valence-electron chi connectivity index (χ2n) is 5.70. The van der Waals surface area contributed by atoms with Crippen molar-refractivity contribution >= 4 is 29.9 Å². The lowest BCUT2D eigenvalue weighted by atomic mass is 10.0. The summed E-state index contributed by atoms with van der Waals surface area (Å²) in [5.41, 5.74) is 0. The normalized spacial score (nSPS) is 12.5. The van der Waals surface area contributed by atoms with Gasteiger partial charge in [0.25, 0.3) is 0 Å². The molecule has 0 aliphatic carbocycles. The van der Waals surface area contributed by atoms with Gasteiger partial charge < -0.3 is 20.5 Å². The van der Waals surface area contributed by atoms with E-state index in [1.165, 1.54) is 24.3 Å². The van der Waals surface area contributed by atoms with E-state index in [4.69, 9.17) is 4.74 Å². The summed E-state index contributed by atoms with van der Waals surface area (Å²) in [5, 5.41) is 16.3. The Bertz CT molecular complexity index is 482. The van der Waals surface area contributed by atoms with E-state index in [0.29, 0.717) is 24.2 Å². The Morgan fingerprint density at radius 2 is 1.80 bits per heavy atom. The molecule has 7 heteroatoms. The Kier molecular flexibility index (Phi) is 13.5. The monoisotopic (exact) mass is 467 g/mol. The van der Waals surface area contributed by atoms with Crippen LogP contribution in [0.3, 0.4) is 0 Å². The fourth-order valence-corrected chi connectivity index (χ4v) is 2.11. The van der Waals surface area contributed by atoms with Gasteiger partial charge in [0.1, 0.15) is 24.3 Å². The van der Waals surface area contributed by atoms with Crippen LogP contribution in [-0.2, 0) is 0 Å². The molecule has 0 aliphatic rings. The fourth-order valence-electron chi connectivity index (χ4n) is 2.11. The Balaban J connectivity index is 0.00000576. The Hall–Kier alpha value is -1.09. The van der Waals surface area contributed by atoms with Crippen LogP contribution in [0.5, 0.6) is 5.75 Å². The van der Waals surface area contributed by atoms with Gasteiger partial charge in [-0.2, -0.15) is 0 Å². The molecular weight excluding hydrogens is 436 g/mol. The van der Waals surface area contributed by atoms with Crippen molar-refractivity contribution in [2.45, 2.75) is 39.7 Å². The maximum atomic E-state index is 12.8. The maximum absolute atomic E-state index is 12.8. The van der Waals surface area contributed by atoms with Gasteiger partial charge in [-0.15, -0.1) is 24.0 Å². The first-order chi connectivity index (χ1) is 11.6. The van der Waals surface area contributed by atoms with Gasteiger partial charge in [0, 0.05) is 19.6 Å². The molecule has 0 saturated carbocycles. The molecule has 144 valence electrons. The van der Waals surface area contributed by atoms with Crippen molar-refractivity contribution in [1.29, 1.82) is 0 Å². The lowest BCUT2D eigenvalue weighted by Gasteiger charge is -2.17. The molecule has 0 spiro atoms. The van der Waals surface area contributed by atoms with Gasteiger partial charge >= 0.3 is 0 Å². The van der Waals surface area contributed by atoms with E-state index < -0.39 is 6.10 Å². The van der Waals surface area contributed by atoms with E-state index >= 15 is 0 Å². The smallest absolute Gasteiger partial charge is 0.191 e. The zero-order valence-corrected chi connectivity index (χ0v) is 17.6. The Morgan fingerprint density at radius 1 is 1.16 bits per heavy atom. The van der Waals surface area contributed by atoms with Crippen LogP contribution < -0.4 is 15.4 Å². The highest BCUT2D eigenvalue weighted by molar-refractivity contribution is 14.0. The minimum atomic E-state index is -0.688. The highest BCUT2D eigenvalue weighted by Gasteiger charge is 2.08. The highest BCUT2D eigenvalue weighted by Crippen LogP contribution is 2.11. The van der Waals surface area contributed by atoms with Crippen molar-refractivity contribution in [2.24, 2.45) is 10.9 Å². The lowest BCUT2D eigenvalue weighted by molar-refractivity contribution is 0.110. The molecule has 1 atom stereocenters. The molecule has 0 aromatic heterocycles. The van der Waals surface area contributed by atoms with Gasteiger partial charge in [-0.3, -0.25) is 4.99 Å². The molecule has 3 N–H and O–H groups in total. The van der Waals surface area contributed by atoms with Crippen LogP contribution in [-0.4, -0.2) is 43.4 Å². The molecule has 0 radical (unpaired) electrons. The zero-order chi connectivity index (χ0) is 17.8. The summed E-state index contributed by atoms with van der Waals surface area (Å²) in [5.74, 6) is 1.50. The van der Waals surface area contributed by atoms with Crippen molar-refractivity contribution in [3.8, 4) is 5.75 Å². The summed E-state index contributed by atoms with van der Waals surface area (Å²) in [6.45, 7) is 8.32. The second kappa shape index (κ2) is 14.1. The van der Waals surface area contributed by atoms with Crippen molar-refractivity contribution in [2.75, 3.05) is 26.2 Å². The summed E-state index contributed by atoms with van der Waals surface area (Å²) in [6, 6.07) is 5.73. The number of aliphatic hydroxyl groups excluding tert-OH is 1. The number of hydrogen-bond donors (Lipinski definition) is 3. The minimum absolute atomic E-state index is 0. The van der Waals surface area contributed by atoms with Crippen molar-refractivity contribution in [3.05, 3.63) is 30.1 Å². The lowest BCUT2D eigenvalue weighted by Crippen LogP contribution is -2.42. The quantitative estimate of drug-likeness (QED) is 0.281. The van der Waals surface area contributed by atoms with E-state index in [1.54, 1.807) is 0 Å². The molecule has 1 aromatic rings. The fraction of sp³-hybridized carbons (Fsp3) is 0.611. The van der Waals surface area contributed by atoms with Crippen LogP contribution in [0.1, 0.15) is 33.6 Å². The third-order valence-electron chi connectivity index (χ3n) is 3.77. The number of rotatable bonds is 10. The summed E-state index contributed by atoms with van der Waals surface area (Å²) in [4.78, 5) is 4.56. The predicted octanol–water partition coefficient (Wildman–Crippen LogP) is 3.17. The Labute approximate surface area is 167 Å². The highest BCUT2D eigenvalue weighted by atomic mass is 127. The predicted molar refractivity (Wildman–Crippen MR) is 111 cm³/mol. The zero-order valence-electron chi connectivity index (χ0n) is 15.3. The van der Waals surface area contributed by atoms with Crippen LogP contribution >= 0.6 is 24.0 Å². The van der Waals surface area contributed by atoms with Crippen LogP contribution in [0.2, 0.25) is 0 Å². The van der Waals surface area contributed by atoms with Gasteiger partial charge in [0.15, 0.2) is 5.96 Å². The number of halogens is 2. The molecule has 0 fully saturated rings. The van der Waals surface area contributed by atoms with E-state index in [9.17, 15) is 9.50 Å². The minimum Gasteiger partial charge on any atom is -0.491 e. The molecular formula is C18H31FIN3O2. The molecule has 5 nitrogen and oxygen atoms in total. The number of ether oxygens (including phenoxy) is 1. The van der Waals surface area contributed by atoms with Crippen LogP contribution in [0, 0.1) is 11.7 Å². The molecule has 1 unspecified atom stereocenters. The summed E-state index contributed by atoms with van der Waals surface area (Å²) >= 11 is 0. The summed E-state index contributed by atoms with van der Waals surface area (Å²) in [6.07, 6.45) is 1.52. The standard InChI is InChI=1S/C18H30FN3O2.HI/c1-4-14(5-2)11-21-18(20-6-3)22-12-16(23)13-24-17-9-7-15(19)8-10-17;/h7-10,14,16,23H,4-6,11-13H2,1-3H3,(H2,20,21,22);1H. The molecule has 0 heterocycles. The summed E-state index contributed by atoms with van der Waals surface area (Å²) < 4.78 is 18.2. The first-order valence-electron chi connectivity index (χ1n) is 8.67. The molecule has 0 aliphatic heterocycles. The molecule has 1 aromatic carbocycles. The topological polar surface area (TPSA) is 65.9 Å². The second-order valence-corrected chi connectivity index (χ2v) is 5.70. The average Bonchev–Trinajstić information content (AvgIpc) is 2.59. The molecule has 0 amide bonds. The van der Waals surface area contributed by atoms with Gasteiger partial charge in [-0.1, -0.05) is 26.7 Å². The SMILES string of the molecule is CCNC(=NCC(CC)CC)NCC(O)COc1ccc(F)cc1.I. The van der Waals surface area contributed by atoms with Gasteiger partial charge in [-0.25, -0.2) is 4.39 Å². The number of guanidine groups is 1. The third kappa shape index (κ3) is 10.5. The summed E-state index contributed by atoms with van der Waals surface area (Å²) in [7, 11) is 0. The van der Waals surface area contributed by atoms with Gasteiger partial charge in [0.2, 0.25) is 0 Å². The van der Waals surface area contributed by atoms with Gasteiger partial charge in [-0.05, 0) is 37.1 Å². The Morgan fingerprint density at radius 3 is 2.36 bits per heavy atom. The number of aliphatic hydroxyl groups is 1. The number of nitrogens with zero attached hydrogens (tertiary/aromatic N) is 1. The van der Waals surface area contributed by atoms with E-state index in [0.717, 1.165) is 25.9 Å². The van der Waals surface area contributed by atoms with Gasteiger partial charge in [0.05, 0.1) is 0 Å².